The SMILES string of the molecule is CN(CC1(N(C)C)CCC1)C1CCC(=O)CC1. The van der Waals surface area contributed by atoms with Crippen molar-refractivity contribution in [2.75, 3.05) is 27.7 Å². The Morgan fingerprint density at radius 3 is 2.18 bits per heavy atom. The van der Waals surface area contributed by atoms with Gasteiger partial charge < -0.3 is 9.80 Å². The van der Waals surface area contributed by atoms with Crippen molar-refractivity contribution in [2.24, 2.45) is 0 Å². The summed E-state index contributed by atoms with van der Waals surface area (Å²) in [5, 5.41) is 0. The Hall–Kier alpha value is -0.410. The van der Waals surface area contributed by atoms with E-state index in [4.69, 9.17) is 0 Å². The zero-order chi connectivity index (χ0) is 12.5. The number of carbonyl (C=O) groups excluding carboxylic acids is 1. The summed E-state index contributed by atoms with van der Waals surface area (Å²) in [7, 11) is 6.65. The topological polar surface area (TPSA) is 23.6 Å². The fourth-order valence-corrected chi connectivity index (χ4v) is 3.29. The van der Waals surface area contributed by atoms with E-state index in [1.165, 1.54) is 25.8 Å². The first-order valence-corrected chi connectivity index (χ1v) is 6.93. The van der Waals surface area contributed by atoms with Crippen LogP contribution < -0.4 is 0 Å². The van der Waals surface area contributed by atoms with E-state index in [-0.39, 0.29) is 0 Å². The molecule has 0 radical (unpaired) electrons. The minimum Gasteiger partial charge on any atom is -0.302 e. The standard InChI is InChI=1S/C14H26N2O/c1-15(2)14(9-4-10-14)11-16(3)12-5-7-13(17)8-6-12/h12H,4-11H2,1-3H3. The Labute approximate surface area is 105 Å². The van der Waals surface area contributed by atoms with Crippen molar-refractivity contribution in [3.63, 3.8) is 0 Å². The first kappa shape index (κ1) is 13.0. The first-order valence-electron chi connectivity index (χ1n) is 6.93. The van der Waals surface area contributed by atoms with Crippen LogP contribution in [-0.2, 0) is 4.79 Å². The Morgan fingerprint density at radius 1 is 1.18 bits per heavy atom. The van der Waals surface area contributed by atoms with Crippen molar-refractivity contribution in [3.05, 3.63) is 0 Å². The maximum atomic E-state index is 11.3. The molecule has 0 unspecified atom stereocenters. The minimum absolute atomic E-state index is 0.413. The molecule has 0 amide bonds. The van der Waals surface area contributed by atoms with Crippen LogP contribution in [0.3, 0.4) is 0 Å². The number of carbonyl (C=O) groups is 1. The van der Waals surface area contributed by atoms with Gasteiger partial charge in [0.15, 0.2) is 0 Å². The molecule has 2 rings (SSSR count). The van der Waals surface area contributed by atoms with Crippen LogP contribution in [0, 0.1) is 0 Å². The number of Topliss-reactive ketones (excluding diaryl/α,β-unsaturated/α-hetero) is 1. The molecule has 0 aromatic heterocycles. The van der Waals surface area contributed by atoms with E-state index in [1.54, 1.807) is 0 Å². The molecule has 2 fully saturated rings. The molecule has 3 heteroatoms. The number of rotatable bonds is 4. The van der Waals surface area contributed by atoms with Crippen molar-refractivity contribution in [1.82, 2.24) is 9.80 Å². The summed E-state index contributed by atoms with van der Waals surface area (Å²) in [6.07, 6.45) is 7.76. The average molecular weight is 238 g/mol. The maximum absolute atomic E-state index is 11.3. The molecule has 0 N–H and O–H groups in total. The third-order valence-electron chi connectivity index (χ3n) is 4.91. The number of hydrogen-bond donors (Lipinski definition) is 0. The lowest BCUT2D eigenvalue weighted by Crippen LogP contribution is -2.58. The normalized spacial score (nSPS) is 25.4. The van der Waals surface area contributed by atoms with Crippen LogP contribution in [0.4, 0.5) is 0 Å². The predicted molar refractivity (Wildman–Crippen MR) is 70.2 cm³/mol. The van der Waals surface area contributed by atoms with E-state index >= 15 is 0 Å². The van der Waals surface area contributed by atoms with Crippen LogP contribution in [0.15, 0.2) is 0 Å². The van der Waals surface area contributed by atoms with Gasteiger partial charge in [0.05, 0.1) is 0 Å². The van der Waals surface area contributed by atoms with Gasteiger partial charge in [-0.15, -0.1) is 0 Å². The molecule has 2 aliphatic carbocycles. The highest BCUT2D eigenvalue weighted by Gasteiger charge is 2.40. The van der Waals surface area contributed by atoms with Gasteiger partial charge in [0, 0.05) is 31.0 Å². The van der Waals surface area contributed by atoms with Crippen molar-refractivity contribution in [2.45, 2.75) is 56.5 Å². The van der Waals surface area contributed by atoms with E-state index < -0.39 is 0 Å². The smallest absolute Gasteiger partial charge is 0.133 e. The monoisotopic (exact) mass is 238 g/mol. The quantitative estimate of drug-likeness (QED) is 0.747. The summed E-state index contributed by atoms with van der Waals surface area (Å²) >= 11 is 0. The van der Waals surface area contributed by atoms with Crippen LogP contribution in [-0.4, -0.2) is 54.9 Å². The molecule has 2 aliphatic rings. The molecule has 0 spiro atoms. The summed E-state index contributed by atoms with van der Waals surface area (Å²) in [6.45, 7) is 1.17. The summed E-state index contributed by atoms with van der Waals surface area (Å²) in [5.41, 5.74) is 0.413. The fourth-order valence-electron chi connectivity index (χ4n) is 3.29. The summed E-state index contributed by atoms with van der Waals surface area (Å²) in [4.78, 5) is 16.2. The number of nitrogens with zero attached hydrogens (tertiary/aromatic N) is 2. The molecule has 0 aromatic carbocycles. The van der Waals surface area contributed by atoms with E-state index in [0.717, 1.165) is 25.7 Å². The highest BCUT2D eigenvalue weighted by molar-refractivity contribution is 5.79. The Bertz CT molecular complexity index is 274. The maximum Gasteiger partial charge on any atom is 0.133 e. The summed E-state index contributed by atoms with van der Waals surface area (Å²) in [6, 6.07) is 0.630. The third-order valence-corrected chi connectivity index (χ3v) is 4.91. The van der Waals surface area contributed by atoms with E-state index in [9.17, 15) is 4.79 Å². The predicted octanol–water partition coefficient (Wildman–Crippen LogP) is 1.91. The van der Waals surface area contributed by atoms with Gasteiger partial charge in [0.2, 0.25) is 0 Å². The highest BCUT2D eigenvalue weighted by atomic mass is 16.1. The lowest BCUT2D eigenvalue weighted by Gasteiger charge is -2.50. The minimum atomic E-state index is 0.413. The molecule has 17 heavy (non-hydrogen) atoms. The molecule has 98 valence electrons. The Balaban J connectivity index is 1.87. The van der Waals surface area contributed by atoms with E-state index in [1.807, 2.05) is 0 Å². The number of ketones is 1. The third kappa shape index (κ3) is 2.71. The van der Waals surface area contributed by atoms with Crippen LogP contribution in [0.5, 0.6) is 0 Å². The van der Waals surface area contributed by atoms with Gasteiger partial charge in [0.25, 0.3) is 0 Å². The molecule has 2 saturated carbocycles. The second-order valence-electron chi connectivity index (χ2n) is 6.16. The summed E-state index contributed by atoms with van der Waals surface area (Å²) in [5.74, 6) is 0.459. The zero-order valence-electron chi connectivity index (χ0n) is 11.5. The Kier molecular flexibility index (Phi) is 3.88. The van der Waals surface area contributed by atoms with E-state index in [0.29, 0.717) is 17.4 Å². The molecule has 3 nitrogen and oxygen atoms in total. The average Bonchev–Trinajstić information content (AvgIpc) is 2.23. The molecule has 0 heterocycles. The second-order valence-corrected chi connectivity index (χ2v) is 6.16. The first-order chi connectivity index (χ1) is 8.03. The van der Waals surface area contributed by atoms with Crippen LogP contribution in [0.25, 0.3) is 0 Å². The van der Waals surface area contributed by atoms with Gasteiger partial charge in [-0.3, -0.25) is 4.79 Å². The van der Waals surface area contributed by atoms with Crippen LogP contribution in [0.1, 0.15) is 44.9 Å². The largest absolute Gasteiger partial charge is 0.302 e. The van der Waals surface area contributed by atoms with Crippen molar-refractivity contribution in [1.29, 1.82) is 0 Å². The Morgan fingerprint density at radius 2 is 1.76 bits per heavy atom. The van der Waals surface area contributed by atoms with Crippen LogP contribution in [0.2, 0.25) is 0 Å². The number of likely N-dealkylation sites (N-methyl/N-ethyl adjacent to an activating group) is 2. The molecule has 0 saturated heterocycles. The molecular formula is C14H26N2O. The van der Waals surface area contributed by atoms with Gasteiger partial charge in [0.1, 0.15) is 5.78 Å². The molecule has 0 bridgehead atoms. The number of hydrogen-bond acceptors (Lipinski definition) is 3. The van der Waals surface area contributed by atoms with Crippen molar-refractivity contribution < 1.29 is 4.79 Å². The van der Waals surface area contributed by atoms with Crippen LogP contribution >= 0.6 is 0 Å². The van der Waals surface area contributed by atoms with Crippen molar-refractivity contribution >= 4 is 5.78 Å². The van der Waals surface area contributed by atoms with Gasteiger partial charge in [-0.2, -0.15) is 0 Å². The van der Waals surface area contributed by atoms with Gasteiger partial charge in [-0.25, -0.2) is 0 Å². The van der Waals surface area contributed by atoms with Gasteiger partial charge in [-0.1, -0.05) is 0 Å². The van der Waals surface area contributed by atoms with E-state index in [2.05, 4.69) is 30.9 Å². The lowest BCUT2D eigenvalue weighted by molar-refractivity contribution is -0.121. The molecular weight excluding hydrogens is 212 g/mol. The fraction of sp³-hybridized carbons (Fsp3) is 0.929. The molecule has 0 atom stereocenters. The van der Waals surface area contributed by atoms with Crippen molar-refractivity contribution in [3.8, 4) is 0 Å². The lowest BCUT2D eigenvalue weighted by atomic mass is 9.75. The zero-order valence-corrected chi connectivity index (χ0v) is 11.5. The van der Waals surface area contributed by atoms with Gasteiger partial charge >= 0.3 is 0 Å². The summed E-state index contributed by atoms with van der Waals surface area (Å²) < 4.78 is 0. The molecule has 0 aromatic rings. The highest BCUT2D eigenvalue weighted by Crippen LogP contribution is 2.37. The second kappa shape index (κ2) is 5.07. The molecule has 0 aliphatic heterocycles. The van der Waals surface area contributed by atoms with Gasteiger partial charge in [-0.05, 0) is 53.2 Å².